The lowest BCUT2D eigenvalue weighted by Gasteiger charge is -2.44. The maximum absolute atomic E-state index is 7.42. The molecule has 1 saturated carbocycles. The molecule has 11 aromatic rings. The molecule has 3 aliphatic rings. The molecular formula is C70H62BN3OS. The van der Waals surface area contributed by atoms with Crippen LogP contribution < -0.4 is 31.1 Å². The fraction of sp³-hybridized carbons (Fsp3) is 0.200. The van der Waals surface area contributed by atoms with E-state index in [9.17, 15) is 0 Å². The first-order chi connectivity index (χ1) is 37.0. The molecule has 0 amide bonds. The quantitative estimate of drug-likeness (QED) is 0.148. The van der Waals surface area contributed by atoms with Gasteiger partial charge in [-0.3, -0.25) is 4.90 Å². The SMILES string of the molecule is CC(C)(C)c1ccc(N(c2ccccc2)c2ccc3c(c2)N(c2cccc4c2sc2ccccc24)c2cc(C4CCCCC4)cc4c2B3c2c(oc3ccc(-c5ccccc5)cc23)N4c2ccc(C(C)(C)C)cc2)cc1. The second-order valence-corrected chi connectivity index (χ2v) is 24.6. The Kier molecular flexibility index (Phi) is 11.0. The monoisotopic (exact) mass is 1000 g/mol. The van der Waals surface area contributed by atoms with E-state index in [0.717, 1.165) is 39.6 Å². The van der Waals surface area contributed by atoms with Crippen LogP contribution in [0.5, 0.6) is 0 Å². The molecular weight excluding hydrogens is 942 g/mol. The maximum Gasteiger partial charge on any atom is 0.257 e. The van der Waals surface area contributed by atoms with Crippen LogP contribution in [0.3, 0.4) is 0 Å². The average molecular weight is 1000 g/mol. The zero-order chi connectivity index (χ0) is 51.5. The zero-order valence-electron chi connectivity index (χ0n) is 44.4. The van der Waals surface area contributed by atoms with Gasteiger partial charge in [-0.05, 0) is 153 Å². The summed E-state index contributed by atoms with van der Waals surface area (Å²) in [6.07, 6.45) is 6.17. The topological polar surface area (TPSA) is 22.9 Å². The minimum Gasteiger partial charge on any atom is -0.440 e. The number of hydrogen-bond acceptors (Lipinski definition) is 5. The minimum atomic E-state index is -0.143. The van der Waals surface area contributed by atoms with E-state index in [4.69, 9.17) is 4.42 Å². The fourth-order valence-electron chi connectivity index (χ4n) is 12.8. The molecule has 2 aromatic heterocycles. The number of furan rings is 1. The van der Waals surface area contributed by atoms with Gasteiger partial charge in [-0.15, -0.1) is 11.3 Å². The van der Waals surface area contributed by atoms with Gasteiger partial charge in [-0.2, -0.15) is 0 Å². The lowest BCUT2D eigenvalue weighted by molar-refractivity contribution is 0.444. The smallest absolute Gasteiger partial charge is 0.257 e. The highest BCUT2D eigenvalue weighted by Gasteiger charge is 2.47. The van der Waals surface area contributed by atoms with Gasteiger partial charge < -0.3 is 14.2 Å². The molecule has 76 heavy (non-hydrogen) atoms. The van der Waals surface area contributed by atoms with Gasteiger partial charge in [0.25, 0.3) is 6.71 Å². The fourth-order valence-corrected chi connectivity index (χ4v) is 14.0. The summed E-state index contributed by atoms with van der Waals surface area (Å²) in [5.74, 6) is 1.34. The molecule has 0 unspecified atom stereocenters. The summed E-state index contributed by atoms with van der Waals surface area (Å²) in [6.45, 7) is 13.6. The van der Waals surface area contributed by atoms with Crippen molar-refractivity contribution in [2.75, 3.05) is 14.7 Å². The number of anilines is 9. The molecule has 0 radical (unpaired) electrons. The van der Waals surface area contributed by atoms with Crippen molar-refractivity contribution in [3.63, 3.8) is 0 Å². The van der Waals surface area contributed by atoms with Crippen molar-refractivity contribution >= 4 is 117 Å². The number of hydrogen-bond donors (Lipinski definition) is 0. The Balaban J connectivity index is 1.10. The average Bonchev–Trinajstić information content (AvgIpc) is 4.17. The van der Waals surface area contributed by atoms with Gasteiger partial charge in [-0.1, -0.05) is 176 Å². The van der Waals surface area contributed by atoms with Gasteiger partial charge in [-0.25, -0.2) is 0 Å². The summed E-state index contributed by atoms with van der Waals surface area (Å²) in [4.78, 5) is 7.61. The number of thiophene rings is 1. The molecule has 0 saturated heterocycles. The summed E-state index contributed by atoms with van der Waals surface area (Å²) in [5.41, 5.74) is 20.4. The Morgan fingerprint density at radius 2 is 1.12 bits per heavy atom. The van der Waals surface area contributed by atoms with Crippen LogP contribution in [-0.4, -0.2) is 6.71 Å². The highest BCUT2D eigenvalue weighted by Crippen LogP contribution is 2.52. The number of rotatable bonds is 7. The molecule has 0 spiro atoms. The first-order valence-corrected chi connectivity index (χ1v) is 28.3. The standard InChI is InChI=1S/C70H62BN3OS/c1-69(2,3)49-30-34-52(35-31-49)72(51-23-14-9-15-24-51)54-38-39-58-60(44-54)74(59-27-18-26-56-55-25-16-17-28-64(55)76-67(56)59)62-43-48(46-21-12-8-13-22-46)42-61-66(62)71(58)65-57-41-47(45-19-10-7-11-20-45)29-40-63(57)75-68(65)73(61)53-36-32-50(33-37-53)70(4,5)6/h7,9-11,14-20,23-44,46H,8,12-13,21-22H2,1-6H3. The second-order valence-electron chi connectivity index (χ2n) is 23.6. The van der Waals surface area contributed by atoms with E-state index in [0.29, 0.717) is 5.92 Å². The molecule has 9 aromatic carbocycles. The molecule has 0 atom stereocenters. The number of para-hydroxylation sites is 1. The lowest BCUT2D eigenvalue weighted by Crippen LogP contribution is -2.61. The number of benzene rings is 9. The highest BCUT2D eigenvalue weighted by atomic mass is 32.1. The predicted octanol–water partition coefficient (Wildman–Crippen LogP) is 18.7. The van der Waals surface area contributed by atoms with E-state index >= 15 is 0 Å². The second kappa shape index (κ2) is 17.9. The molecule has 14 rings (SSSR count). The lowest BCUT2D eigenvalue weighted by atomic mass is 9.33. The Hall–Kier alpha value is -7.80. The molecule has 2 aliphatic heterocycles. The summed E-state index contributed by atoms with van der Waals surface area (Å²) < 4.78 is 10.0. The van der Waals surface area contributed by atoms with Gasteiger partial charge in [0.1, 0.15) is 5.58 Å². The van der Waals surface area contributed by atoms with Crippen LogP contribution in [0, 0.1) is 0 Å². The minimum absolute atomic E-state index is 0.00654. The third-order valence-electron chi connectivity index (χ3n) is 16.8. The van der Waals surface area contributed by atoms with E-state index < -0.39 is 0 Å². The van der Waals surface area contributed by atoms with Crippen LogP contribution in [0.2, 0.25) is 0 Å². The van der Waals surface area contributed by atoms with Crippen LogP contribution >= 0.6 is 11.3 Å². The molecule has 4 heterocycles. The molecule has 1 fully saturated rings. The van der Waals surface area contributed by atoms with Crippen molar-refractivity contribution < 1.29 is 4.42 Å². The van der Waals surface area contributed by atoms with Crippen molar-refractivity contribution in [2.45, 2.75) is 90.4 Å². The van der Waals surface area contributed by atoms with Crippen LogP contribution in [0.1, 0.15) is 96.3 Å². The highest BCUT2D eigenvalue weighted by molar-refractivity contribution is 7.26. The van der Waals surface area contributed by atoms with E-state index in [1.165, 1.54) is 119 Å². The molecule has 0 N–H and O–H groups in total. The third kappa shape index (κ3) is 7.70. The van der Waals surface area contributed by atoms with Gasteiger partial charge in [0, 0.05) is 66.1 Å². The zero-order valence-corrected chi connectivity index (χ0v) is 45.2. The summed E-state index contributed by atoms with van der Waals surface area (Å²) >= 11 is 1.91. The van der Waals surface area contributed by atoms with Gasteiger partial charge >= 0.3 is 0 Å². The van der Waals surface area contributed by atoms with Gasteiger partial charge in [0.2, 0.25) is 5.88 Å². The third-order valence-corrected chi connectivity index (χ3v) is 18.0. The number of nitrogens with zero attached hydrogens (tertiary/aromatic N) is 3. The molecule has 6 heteroatoms. The first-order valence-electron chi connectivity index (χ1n) is 27.5. The summed E-state index contributed by atoms with van der Waals surface area (Å²) in [5, 5.41) is 3.73. The number of fused-ring (bicyclic) bond motifs is 9. The Morgan fingerprint density at radius 3 is 1.84 bits per heavy atom. The summed E-state index contributed by atoms with van der Waals surface area (Å²) in [6, 6.07) is 75.5. The van der Waals surface area contributed by atoms with E-state index in [-0.39, 0.29) is 17.5 Å². The largest absolute Gasteiger partial charge is 0.440 e. The first kappa shape index (κ1) is 46.7. The molecule has 0 bridgehead atoms. The van der Waals surface area contributed by atoms with Crippen LogP contribution in [0.4, 0.5) is 51.4 Å². The van der Waals surface area contributed by atoms with Crippen molar-refractivity contribution in [3.05, 3.63) is 217 Å². The Labute approximate surface area is 452 Å². The van der Waals surface area contributed by atoms with Gasteiger partial charge in [0.15, 0.2) is 0 Å². The normalized spacial score (nSPS) is 14.6. The van der Waals surface area contributed by atoms with Crippen molar-refractivity contribution in [2.24, 2.45) is 0 Å². The van der Waals surface area contributed by atoms with Crippen molar-refractivity contribution in [3.8, 4) is 11.1 Å². The summed E-state index contributed by atoms with van der Waals surface area (Å²) in [7, 11) is 0. The van der Waals surface area contributed by atoms with E-state index in [1.807, 2.05) is 11.3 Å². The Morgan fingerprint density at radius 1 is 0.487 bits per heavy atom. The van der Waals surface area contributed by atoms with E-state index in [2.05, 4.69) is 256 Å². The van der Waals surface area contributed by atoms with Gasteiger partial charge in [0.05, 0.1) is 10.4 Å². The van der Waals surface area contributed by atoms with Crippen molar-refractivity contribution in [1.29, 1.82) is 0 Å². The maximum atomic E-state index is 7.42. The molecule has 4 nitrogen and oxygen atoms in total. The predicted molar refractivity (Wildman–Crippen MR) is 326 cm³/mol. The van der Waals surface area contributed by atoms with Crippen LogP contribution in [-0.2, 0) is 10.8 Å². The Bertz CT molecular complexity index is 4010. The van der Waals surface area contributed by atoms with Crippen LogP contribution in [0.15, 0.2) is 205 Å². The van der Waals surface area contributed by atoms with E-state index in [1.54, 1.807) is 0 Å². The molecule has 1 aliphatic carbocycles. The van der Waals surface area contributed by atoms with Crippen molar-refractivity contribution in [1.82, 2.24) is 0 Å². The van der Waals surface area contributed by atoms with Crippen LogP contribution in [0.25, 0.3) is 42.3 Å². The molecule has 372 valence electrons.